The molecule has 0 aliphatic carbocycles. The Morgan fingerprint density at radius 1 is 1.19 bits per heavy atom. The Balaban J connectivity index is 1.65. The highest BCUT2D eigenvalue weighted by atomic mass is 32.1. The fourth-order valence-corrected chi connectivity index (χ4v) is 4.46. The van der Waals surface area contributed by atoms with Gasteiger partial charge in [-0.1, -0.05) is 38.1 Å². The summed E-state index contributed by atoms with van der Waals surface area (Å²) in [6.07, 6.45) is 3.24. The van der Waals surface area contributed by atoms with Crippen LogP contribution in [0, 0.1) is 5.41 Å². The van der Waals surface area contributed by atoms with Crippen LogP contribution in [0.15, 0.2) is 54.0 Å². The summed E-state index contributed by atoms with van der Waals surface area (Å²) in [6.45, 7) is 7.53. The molecule has 1 unspecified atom stereocenters. The zero-order valence-corrected chi connectivity index (χ0v) is 16.2. The molecular weight excluding hydrogens is 340 g/mol. The molecule has 26 heavy (non-hydrogen) atoms. The first kappa shape index (κ1) is 17.5. The SMILES string of the molecule is CC1(C)CN(Cc2cn(-c3ccccc3)nc2-c2cccs2)CCC1N. The second kappa shape index (κ2) is 6.99. The van der Waals surface area contributed by atoms with E-state index in [1.165, 1.54) is 10.4 Å². The lowest BCUT2D eigenvalue weighted by Crippen LogP contribution is -2.52. The number of hydrogen-bond acceptors (Lipinski definition) is 4. The summed E-state index contributed by atoms with van der Waals surface area (Å²) in [5.41, 5.74) is 9.93. The number of piperidine rings is 1. The van der Waals surface area contributed by atoms with E-state index < -0.39 is 0 Å². The number of para-hydroxylation sites is 1. The quantitative estimate of drug-likeness (QED) is 0.754. The Labute approximate surface area is 159 Å². The average Bonchev–Trinajstić information content (AvgIpc) is 3.28. The maximum atomic E-state index is 6.31. The van der Waals surface area contributed by atoms with Crippen LogP contribution in [0.25, 0.3) is 16.3 Å². The summed E-state index contributed by atoms with van der Waals surface area (Å²) in [6, 6.07) is 14.9. The minimum absolute atomic E-state index is 0.150. The van der Waals surface area contributed by atoms with E-state index in [-0.39, 0.29) is 11.5 Å². The van der Waals surface area contributed by atoms with Gasteiger partial charge in [-0.25, -0.2) is 4.68 Å². The van der Waals surface area contributed by atoms with E-state index in [1.807, 2.05) is 10.7 Å². The number of aromatic nitrogens is 2. The average molecular weight is 367 g/mol. The van der Waals surface area contributed by atoms with Gasteiger partial charge in [-0.2, -0.15) is 5.10 Å². The fourth-order valence-electron chi connectivity index (χ4n) is 3.72. The summed E-state index contributed by atoms with van der Waals surface area (Å²) in [5, 5.41) is 7.03. The van der Waals surface area contributed by atoms with Gasteiger partial charge in [-0.05, 0) is 35.4 Å². The summed E-state index contributed by atoms with van der Waals surface area (Å²) in [5.74, 6) is 0. The molecule has 4 nitrogen and oxygen atoms in total. The molecule has 0 saturated carbocycles. The monoisotopic (exact) mass is 366 g/mol. The molecule has 1 aliphatic heterocycles. The maximum absolute atomic E-state index is 6.31. The minimum Gasteiger partial charge on any atom is -0.327 e. The van der Waals surface area contributed by atoms with Gasteiger partial charge < -0.3 is 5.73 Å². The number of nitrogens with zero attached hydrogens (tertiary/aromatic N) is 3. The van der Waals surface area contributed by atoms with Crippen molar-refractivity contribution < 1.29 is 0 Å². The van der Waals surface area contributed by atoms with Crippen molar-refractivity contribution in [3.8, 4) is 16.3 Å². The first-order valence-electron chi connectivity index (χ1n) is 9.19. The van der Waals surface area contributed by atoms with Gasteiger partial charge in [-0.3, -0.25) is 4.90 Å². The minimum atomic E-state index is 0.150. The predicted molar refractivity (Wildman–Crippen MR) is 109 cm³/mol. The van der Waals surface area contributed by atoms with Crippen LogP contribution in [-0.4, -0.2) is 33.8 Å². The van der Waals surface area contributed by atoms with E-state index in [1.54, 1.807) is 11.3 Å². The lowest BCUT2D eigenvalue weighted by Gasteiger charge is -2.42. The van der Waals surface area contributed by atoms with Crippen LogP contribution in [0.3, 0.4) is 0 Å². The molecule has 3 aromatic rings. The topological polar surface area (TPSA) is 47.1 Å². The molecule has 0 bridgehead atoms. The van der Waals surface area contributed by atoms with E-state index in [2.05, 4.69) is 66.7 Å². The first-order valence-corrected chi connectivity index (χ1v) is 10.1. The highest BCUT2D eigenvalue weighted by molar-refractivity contribution is 7.13. The van der Waals surface area contributed by atoms with Gasteiger partial charge in [0.25, 0.3) is 0 Å². The van der Waals surface area contributed by atoms with E-state index in [9.17, 15) is 0 Å². The van der Waals surface area contributed by atoms with Gasteiger partial charge in [0.15, 0.2) is 0 Å². The number of benzene rings is 1. The summed E-state index contributed by atoms with van der Waals surface area (Å²) in [7, 11) is 0. The second-order valence-electron chi connectivity index (χ2n) is 7.85. The molecule has 2 aromatic heterocycles. The van der Waals surface area contributed by atoms with Crippen LogP contribution in [0.1, 0.15) is 25.8 Å². The first-order chi connectivity index (χ1) is 12.5. The molecule has 1 atom stereocenters. The number of hydrogen-bond donors (Lipinski definition) is 1. The third-order valence-electron chi connectivity index (χ3n) is 5.35. The van der Waals surface area contributed by atoms with Crippen LogP contribution < -0.4 is 5.73 Å². The predicted octanol–water partition coefficient (Wildman–Crippen LogP) is 4.16. The number of rotatable bonds is 4. The van der Waals surface area contributed by atoms with Crippen LogP contribution in [0.5, 0.6) is 0 Å². The zero-order valence-electron chi connectivity index (χ0n) is 15.4. The molecule has 0 radical (unpaired) electrons. The van der Waals surface area contributed by atoms with Gasteiger partial charge in [0.2, 0.25) is 0 Å². The third-order valence-corrected chi connectivity index (χ3v) is 6.23. The Bertz CT molecular complexity index is 852. The fraction of sp³-hybridized carbons (Fsp3) is 0.381. The Kier molecular flexibility index (Phi) is 4.69. The van der Waals surface area contributed by atoms with Crippen LogP contribution in [0.4, 0.5) is 0 Å². The molecule has 0 spiro atoms. The molecular formula is C21H26N4S. The summed E-state index contributed by atoms with van der Waals surface area (Å²) in [4.78, 5) is 3.75. The number of thiophene rings is 1. The van der Waals surface area contributed by atoms with Gasteiger partial charge in [0.05, 0.1) is 10.6 Å². The second-order valence-corrected chi connectivity index (χ2v) is 8.80. The molecule has 2 N–H and O–H groups in total. The Hall–Kier alpha value is -1.95. The number of likely N-dealkylation sites (tertiary alicyclic amines) is 1. The van der Waals surface area contributed by atoms with E-state index in [0.29, 0.717) is 0 Å². The third kappa shape index (κ3) is 3.47. The Morgan fingerprint density at radius 2 is 2.00 bits per heavy atom. The zero-order chi connectivity index (χ0) is 18.1. The van der Waals surface area contributed by atoms with Gasteiger partial charge >= 0.3 is 0 Å². The Morgan fingerprint density at radius 3 is 2.69 bits per heavy atom. The summed E-state index contributed by atoms with van der Waals surface area (Å²) < 4.78 is 2.01. The lowest BCUT2D eigenvalue weighted by atomic mass is 9.79. The molecule has 3 heterocycles. The van der Waals surface area contributed by atoms with Crippen molar-refractivity contribution in [2.45, 2.75) is 32.9 Å². The van der Waals surface area contributed by atoms with Crippen molar-refractivity contribution in [2.24, 2.45) is 11.1 Å². The molecule has 1 fully saturated rings. The van der Waals surface area contributed by atoms with Gasteiger partial charge in [-0.15, -0.1) is 11.3 Å². The standard InChI is InChI=1S/C21H26N4S/c1-21(2)15-24(11-10-19(21)22)13-16-14-25(17-7-4-3-5-8-17)23-20(16)18-9-6-12-26-18/h3-9,12,14,19H,10-11,13,15,22H2,1-2H3. The van der Waals surface area contributed by atoms with Crippen molar-refractivity contribution in [1.82, 2.24) is 14.7 Å². The molecule has 4 rings (SSSR count). The van der Waals surface area contributed by atoms with E-state index in [0.717, 1.165) is 37.4 Å². The highest BCUT2D eigenvalue weighted by Crippen LogP contribution is 2.32. The molecule has 1 aliphatic rings. The highest BCUT2D eigenvalue weighted by Gasteiger charge is 2.33. The van der Waals surface area contributed by atoms with Crippen molar-refractivity contribution in [3.05, 3.63) is 59.6 Å². The summed E-state index contributed by atoms with van der Waals surface area (Å²) >= 11 is 1.75. The molecule has 1 aromatic carbocycles. The molecule has 1 saturated heterocycles. The maximum Gasteiger partial charge on any atom is 0.107 e. The van der Waals surface area contributed by atoms with Crippen molar-refractivity contribution >= 4 is 11.3 Å². The molecule has 5 heteroatoms. The van der Waals surface area contributed by atoms with E-state index >= 15 is 0 Å². The van der Waals surface area contributed by atoms with Crippen molar-refractivity contribution in [3.63, 3.8) is 0 Å². The van der Waals surface area contributed by atoms with Crippen LogP contribution in [-0.2, 0) is 6.54 Å². The molecule has 0 amide bonds. The smallest absolute Gasteiger partial charge is 0.107 e. The number of nitrogens with two attached hydrogens (primary N) is 1. The normalized spacial score (nSPS) is 20.3. The van der Waals surface area contributed by atoms with Crippen molar-refractivity contribution in [2.75, 3.05) is 13.1 Å². The lowest BCUT2D eigenvalue weighted by molar-refractivity contribution is 0.0900. The van der Waals surface area contributed by atoms with Gasteiger partial charge in [0.1, 0.15) is 5.69 Å². The van der Waals surface area contributed by atoms with Gasteiger partial charge in [0, 0.05) is 37.4 Å². The van der Waals surface area contributed by atoms with Crippen LogP contribution in [0.2, 0.25) is 0 Å². The van der Waals surface area contributed by atoms with Crippen molar-refractivity contribution in [1.29, 1.82) is 0 Å². The van der Waals surface area contributed by atoms with Crippen LogP contribution >= 0.6 is 11.3 Å². The largest absolute Gasteiger partial charge is 0.327 e. The molecule has 136 valence electrons. The van der Waals surface area contributed by atoms with E-state index in [4.69, 9.17) is 10.8 Å².